The van der Waals surface area contributed by atoms with Gasteiger partial charge < -0.3 is 15.1 Å². The minimum atomic E-state index is -0.147. The van der Waals surface area contributed by atoms with Crippen molar-refractivity contribution in [3.8, 4) is 0 Å². The fourth-order valence-corrected chi connectivity index (χ4v) is 3.66. The summed E-state index contributed by atoms with van der Waals surface area (Å²) in [5.74, 6) is -0.147. The van der Waals surface area contributed by atoms with Crippen molar-refractivity contribution in [2.75, 3.05) is 38.5 Å². The maximum absolute atomic E-state index is 12.7. The Balaban J connectivity index is 1.97. The number of fused-ring (bicyclic) bond motifs is 2. The van der Waals surface area contributed by atoms with Crippen LogP contribution < -0.4 is 5.32 Å². The van der Waals surface area contributed by atoms with Gasteiger partial charge in [-0.25, -0.2) is 0 Å². The fourth-order valence-electron chi connectivity index (χ4n) is 3.66. The first kappa shape index (κ1) is 16.5. The predicted molar refractivity (Wildman–Crippen MR) is 102 cm³/mol. The SMILES string of the molecule is CN1CCN(C(C=O)=C2c3ccccc3NC(=O)c3ccccc32)CC1. The molecule has 2 aliphatic rings. The van der Waals surface area contributed by atoms with E-state index in [0.29, 0.717) is 11.3 Å². The lowest BCUT2D eigenvalue weighted by molar-refractivity contribution is -0.106. The van der Waals surface area contributed by atoms with Crippen molar-refractivity contribution in [1.82, 2.24) is 9.80 Å². The van der Waals surface area contributed by atoms with Crippen molar-refractivity contribution in [3.63, 3.8) is 0 Å². The molecule has 4 rings (SSSR count). The summed E-state index contributed by atoms with van der Waals surface area (Å²) in [6.07, 6.45) is 0.935. The highest BCUT2D eigenvalue weighted by atomic mass is 16.1. The molecule has 2 aromatic rings. The summed E-state index contributed by atoms with van der Waals surface area (Å²) in [5, 5.41) is 2.98. The van der Waals surface area contributed by atoms with Crippen LogP contribution in [0.2, 0.25) is 0 Å². The third-order valence-electron chi connectivity index (χ3n) is 5.10. The number of para-hydroxylation sites is 1. The number of likely N-dealkylation sites (N-methyl/N-ethyl adjacent to an activating group) is 1. The second-order valence-electron chi connectivity index (χ2n) is 6.71. The molecule has 0 unspecified atom stereocenters. The predicted octanol–water partition coefficient (Wildman–Crippen LogP) is 2.46. The minimum Gasteiger partial charge on any atom is -0.366 e. The maximum Gasteiger partial charge on any atom is 0.256 e. The van der Waals surface area contributed by atoms with Gasteiger partial charge in [0.2, 0.25) is 0 Å². The van der Waals surface area contributed by atoms with Crippen LogP contribution in [0.25, 0.3) is 5.57 Å². The van der Waals surface area contributed by atoms with Gasteiger partial charge in [-0.3, -0.25) is 9.59 Å². The quantitative estimate of drug-likeness (QED) is 0.670. The molecular weight excluding hydrogens is 326 g/mol. The Morgan fingerprint density at radius 2 is 1.54 bits per heavy atom. The standard InChI is InChI=1S/C21H21N3O2/c1-23-10-12-24(13-11-23)19(14-25)20-15-6-2-3-7-16(15)21(26)22-18-9-5-4-8-17(18)20/h2-9,14H,10-13H2,1H3,(H,22,26). The molecule has 1 amide bonds. The summed E-state index contributed by atoms with van der Waals surface area (Å²) < 4.78 is 0. The zero-order valence-corrected chi connectivity index (χ0v) is 14.7. The van der Waals surface area contributed by atoms with Crippen molar-refractivity contribution in [2.24, 2.45) is 0 Å². The van der Waals surface area contributed by atoms with E-state index in [2.05, 4.69) is 22.2 Å². The van der Waals surface area contributed by atoms with Crippen LogP contribution in [0.1, 0.15) is 21.5 Å². The van der Waals surface area contributed by atoms with E-state index in [0.717, 1.165) is 54.9 Å². The molecule has 1 fully saturated rings. The number of carbonyl (C=O) groups is 2. The number of anilines is 1. The zero-order valence-electron chi connectivity index (χ0n) is 14.7. The summed E-state index contributed by atoms with van der Waals surface area (Å²) >= 11 is 0. The van der Waals surface area contributed by atoms with E-state index in [9.17, 15) is 9.59 Å². The largest absolute Gasteiger partial charge is 0.366 e. The van der Waals surface area contributed by atoms with Gasteiger partial charge in [-0.2, -0.15) is 0 Å². The van der Waals surface area contributed by atoms with Gasteiger partial charge >= 0.3 is 0 Å². The topological polar surface area (TPSA) is 52.6 Å². The maximum atomic E-state index is 12.7. The average Bonchev–Trinajstić information content (AvgIpc) is 2.79. The first-order valence-electron chi connectivity index (χ1n) is 8.82. The van der Waals surface area contributed by atoms with E-state index in [-0.39, 0.29) is 5.91 Å². The molecule has 0 saturated carbocycles. The zero-order chi connectivity index (χ0) is 18.1. The molecule has 2 aliphatic heterocycles. The second kappa shape index (κ2) is 6.77. The lowest BCUT2D eigenvalue weighted by atomic mass is 9.92. The van der Waals surface area contributed by atoms with Crippen LogP contribution in [0, 0.1) is 0 Å². The van der Waals surface area contributed by atoms with Crippen LogP contribution in [-0.4, -0.2) is 55.2 Å². The van der Waals surface area contributed by atoms with Gasteiger partial charge in [0.05, 0.1) is 5.70 Å². The van der Waals surface area contributed by atoms with Gasteiger partial charge in [0.25, 0.3) is 5.91 Å². The van der Waals surface area contributed by atoms with Crippen molar-refractivity contribution < 1.29 is 9.59 Å². The van der Waals surface area contributed by atoms with Gasteiger partial charge in [-0.05, 0) is 24.7 Å². The van der Waals surface area contributed by atoms with E-state index in [1.165, 1.54) is 0 Å². The fraction of sp³-hybridized carbons (Fsp3) is 0.238. The molecule has 0 atom stereocenters. The lowest BCUT2D eigenvalue weighted by Crippen LogP contribution is -2.44. The van der Waals surface area contributed by atoms with Crippen LogP contribution >= 0.6 is 0 Å². The Hall–Kier alpha value is -2.92. The highest BCUT2D eigenvalue weighted by molar-refractivity contribution is 6.14. The number of carbonyl (C=O) groups excluding carboxylic acids is 2. The minimum absolute atomic E-state index is 0.147. The van der Waals surface area contributed by atoms with Gasteiger partial charge in [-0.15, -0.1) is 0 Å². The summed E-state index contributed by atoms with van der Waals surface area (Å²) in [6, 6.07) is 15.2. The number of hydrogen-bond donors (Lipinski definition) is 1. The summed E-state index contributed by atoms with van der Waals surface area (Å²) in [6.45, 7) is 3.40. The normalized spacial score (nSPS) is 19.1. The molecule has 0 bridgehead atoms. The van der Waals surface area contributed by atoms with E-state index in [1.54, 1.807) is 0 Å². The van der Waals surface area contributed by atoms with E-state index in [4.69, 9.17) is 0 Å². The van der Waals surface area contributed by atoms with Gasteiger partial charge in [-0.1, -0.05) is 36.4 Å². The number of nitrogens with one attached hydrogen (secondary N) is 1. The first-order chi connectivity index (χ1) is 12.7. The molecule has 5 nitrogen and oxygen atoms in total. The Morgan fingerprint density at radius 3 is 2.23 bits per heavy atom. The highest BCUT2D eigenvalue weighted by Gasteiger charge is 2.28. The molecular formula is C21H21N3O2. The van der Waals surface area contributed by atoms with E-state index < -0.39 is 0 Å². The molecule has 2 heterocycles. The number of amides is 1. The Bertz CT molecular complexity index is 896. The van der Waals surface area contributed by atoms with Gasteiger partial charge in [0.15, 0.2) is 6.29 Å². The first-order valence-corrected chi connectivity index (χ1v) is 8.82. The molecule has 132 valence electrons. The average molecular weight is 347 g/mol. The molecule has 0 aliphatic carbocycles. The number of aldehydes is 1. The third-order valence-corrected chi connectivity index (χ3v) is 5.10. The van der Waals surface area contributed by atoms with E-state index in [1.807, 2.05) is 48.5 Å². The van der Waals surface area contributed by atoms with E-state index >= 15 is 0 Å². The number of nitrogens with zero attached hydrogens (tertiary/aromatic N) is 2. The number of benzene rings is 2. The number of piperazine rings is 1. The Kier molecular flexibility index (Phi) is 4.31. The Labute approximate surface area is 152 Å². The molecule has 1 N–H and O–H groups in total. The molecule has 26 heavy (non-hydrogen) atoms. The number of allylic oxidation sites excluding steroid dienone is 1. The molecule has 5 heteroatoms. The van der Waals surface area contributed by atoms with Crippen molar-refractivity contribution in [3.05, 3.63) is 70.9 Å². The summed E-state index contributed by atoms with van der Waals surface area (Å²) in [4.78, 5) is 29.3. The van der Waals surface area contributed by atoms with Crippen molar-refractivity contribution in [2.45, 2.75) is 0 Å². The van der Waals surface area contributed by atoms with Gasteiger partial charge in [0.1, 0.15) is 0 Å². The Morgan fingerprint density at radius 1 is 0.923 bits per heavy atom. The second-order valence-corrected chi connectivity index (χ2v) is 6.71. The molecule has 1 saturated heterocycles. The van der Waals surface area contributed by atoms with Crippen LogP contribution in [0.5, 0.6) is 0 Å². The molecule has 0 aromatic heterocycles. The van der Waals surface area contributed by atoms with Crippen LogP contribution in [0.3, 0.4) is 0 Å². The molecule has 0 radical (unpaired) electrons. The van der Waals surface area contributed by atoms with Crippen LogP contribution in [-0.2, 0) is 4.79 Å². The molecule has 2 aromatic carbocycles. The lowest BCUT2D eigenvalue weighted by Gasteiger charge is -2.35. The number of rotatable bonds is 2. The monoisotopic (exact) mass is 347 g/mol. The highest BCUT2D eigenvalue weighted by Crippen LogP contribution is 2.37. The van der Waals surface area contributed by atoms with Gasteiger partial charge in [0, 0.05) is 48.6 Å². The summed E-state index contributed by atoms with van der Waals surface area (Å²) in [7, 11) is 2.09. The smallest absolute Gasteiger partial charge is 0.256 e. The number of hydrogen-bond acceptors (Lipinski definition) is 4. The third kappa shape index (κ3) is 2.80. The van der Waals surface area contributed by atoms with Crippen molar-refractivity contribution >= 4 is 23.5 Å². The van der Waals surface area contributed by atoms with Crippen LogP contribution in [0.15, 0.2) is 54.2 Å². The van der Waals surface area contributed by atoms with Crippen molar-refractivity contribution in [1.29, 1.82) is 0 Å². The summed E-state index contributed by atoms with van der Waals surface area (Å²) in [5.41, 5.74) is 4.48. The molecule has 0 spiro atoms. The van der Waals surface area contributed by atoms with Crippen LogP contribution in [0.4, 0.5) is 5.69 Å².